The molecule has 3 aromatic rings. The molecule has 0 aliphatic carbocycles. The maximum atomic E-state index is 12.8. The molecule has 0 N–H and O–H groups in total. The van der Waals surface area contributed by atoms with E-state index in [1.165, 1.54) is 0 Å². The Kier molecular flexibility index (Phi) is 5.26. The molecule has 4 rings (SSSR count). The highest BCUT2D eigenvalue weighted by atomic mass is 16.1. The van der Waals surface area contributed by atoms with Gasteiger partial charge in [0.2, 0.25) is 0 Å². The molecule has 0 radical (unpaired) electrons. The number of Topliss-reactive ketones (excluding diaryl/α,β-unsaturated/α-hetero) is 1. The highest BCUT2D eigenvalue weighted by Crippen LogP contribution is 2.22. The molecular formula is C23H25N3O. The topological polar surface area (TPSA) is 46.1 Å². The van der Waals surface area contributed by atoms with E-state index in [0.717, 1.165) is 60.5 Å². The van der Waals surface area contributed by atoms with Gasteiger partial charge in [0, 0.05) is 25.4 Å². The normalized spacial score (nSPS) is 17.9. The first-order valence-corrected chi connectivity index (χ1v) is 9.70. The summed E-state index contributed by atoms with van der Waals surface area (Å²) in [6.07, 6.45) is 2.59. The maximum Gasteiger partial charge on any atom is 0.141 e. The monoisotopic (exact) mass is 359 g/mol. The molecule has 1 atom stereocenters. The van der Waals surface area contributed by atoms with Crippen molar-refractivity contribution in [3.8, 4) is 0 Å². The average Bonchev–Trinajstić information content (AvgIpc) is 2.69. The smallest absolute Gasteiger partial charge is 0.141 e. The highest BCUT2D eigenvalue weighted by molar-refractivity contribution is 5.83. The van der Waals surface area contributed by atoms with Crippen LogP contribution in [0.4, 0.5) is 0 Å². The summed E-state index contributed by atoms with van der Waals surface area (Å²) < 4.78 is 0. The van der Waals surface area contributed by atoms with E-state index < -0.39 is 0 Å². The molecule has 138 valence electrons. The summed E-state index contributed by atoms with van der Waals surface area (Å²) in [6.45, 7) is 4.62. The van der Waals surface area contributed by atoms with Gasteiger partial charge in [-0.3, -0.25) is 9.69 Å². The standard InChI is InChI=1S/C23H25N3O/c1-17-22(25-21-12-6-5-11-20(21)24-17)16-26-13-7-10-19(15-26)23(27)14-18-8-3-2-4-9-18/h2-6,8-9,11-12,19H,7,10,13-16H2,1H3/t19-/m1/s1. The predicted octanol–water partition coefficient (Wildman–Crippen LogP) is 3.96. The molecule has 0 unspecified atom stereocenters. The fourth-order valence-electron chi connectivity index (χ4n) is 3.89. The first kappa shape index (κ1) is 17.8. The maximum absolute atomic E-state index is 12.8. The molecule has 1 aliphatic rings. The Labute approximate surface area is 160 Å². The van der Waals surface area contributed by atoms with Crippen molar-refractivity contribution in [2.24, 2.45) is 5.92 Å². The Morgan fingerprint density at radius 3 is 2.52 bits per heavy atom. The van der Waals surface area contributed by atoms with E-state index in [1.807, 2.05) is 61.5 Å². The Balaban J connectivity index is 1.44. The second-order valence-corrected chi connectivity index (χ2v) is 7.45. The zero-order chi connectivity index (χ0) is 18.6. The van der Waals surface area contributed by atoms with E-state index in [4.69, 9.17) is 9.97 Å². The lowest BCUT2D eigenvalue weighted by molar-refractivity contribution is -0.124. The van der Waals surface area contributed by atoms with Gasteiger partial charge in [0.15, 0.2) is 0 Å². The van der Waals surface area contributed by atoms with E-state index in [1.54, 1.807) is 0 Å². The van der Waals surface area contributed by atoms with Crippen molar-refractivity contribution in [1.82, 2.24) is 14.9 Å². The van der Waals surface area contributed by atoms with Crippen LogP contribution in [0.5, 0.6) is 0 Å². The van der Waals surface area contributed by atoms with Crippen molar-refractivity contribution in [1.29, 1.82) is 0 Å². The van der Waals surface area contributed by atoms with Crippen LogP contribution in [0.25, 0.3) is 11.0 Å². The molecule has 4 nitrogen and oxygen atoms in total. The number of hydrogen-bond donors (Lipinski definition) is 0. The Hall–Kier alpha value is -2.59. The molecule has 0 spiro atoms. The number of benzene rings is 2. The number of nitrogens with zero attached hydrogens (tertiary/aromatic N) is 3. The van der Waals surface area contributed by atoms with Crippen LogP contribution in [0.2, 0.25) is 0 Å². The Morgan fingerprint density at radius 1 is 1.04 bits per heavy atom. The first-order chi connectivity index (χ1) is 13.2. The van der Waals surface area contributed by atoms with Crippen LogP contribution in [-0.4, -0.2) is 33.7 Å². The van der Waals surface area contributed by atoms with Gasteiger partial charge in [0.25, 0.3) is 0 Å². The van der Waals surface area contributed by atoms with Crippen LogP contribution in [0.3, 0.4) is 0 Å². The van der Waals surface area contributed by atoms with Crippen molar-refractivity contribution in [2.45, 2.75) is 32.7 Å². The molecular weight excluding hydrogens is 334 g/mol. The van der Waals surface area contributed by atoms with Gasteiger partial charge < -0.3 is 0 Å². The molecule has 1 fully saturated rings. The number of para-hydroxylation sites is 2. The van der Waals surface area contributed by atoms with Crippen molar-refractivity contribution in [3.05, 3.63) is 71.5 Å². The third-order valence-corrected chi connectivity index (χ3v) is 5.40. The van der Waals surface area contributed by atoms with Crippen LogP contribution >= 0.6 is 0 Å². The minimum Gasteiger partial charge on any atom is -0.299 e. The second kappa shape index (κ2) is 7.97. The minimum atomic E-state index is 0.118. The van der Waals surface area contributed by atoms with Gasteiger partial charge in [-0.25, -0.2) is 9.97 Å². The predicted molar refractivity (Wildman–Crippen MR) is 107 cm³/mol. The summed E-state index contributed by atoms with van der Waals surface area (Å²) in [6, 6.07) is 18.0. The summed E-state index contributed by atoms with van der Waals surface area (Å²) in [5.41, 5.74) is 4.98. The zero-order valence-electron chi connectivity index (χ0n) is 15.8. The summed E-state index contributed by atoms with van der Waals surface area (Å²) in [4.78, 5) is 24.6. The number of fused-ring (bicyclic) bond motifs is 1. The van der Waals surface area contributed by atoms with Crippen LogP contribution in [0.15, 0.2) is 54.6 Å². The zero-order valence-corrected chi connectivity index (χ0v) is 15.8. The van der Waals surface area contributed by atoms with Gasteiger partial charge in [-0.1, -0.05) is 42.5 Å². The van der Waals surface area contributed by atoms with Crippen LogP contribution in [0.1, 0.15) is 29.8 Å². The summed E-state index contributed by atoms with van der Waals surface area (Å²) in [5, 5.41) is 0. The fourth-order valence-corrected chi connectivity index (χ4v) is 3.89. The van der Waals surface area contributed by atoms with E-state index in [2.05, 4.69) is 4.90 Å². The molecule has 4 heteroatoms. The third kappa shape index (κ3) is 4.22. The van der Waals surface area contributed by atoms with E-state index >= 15 is 0 Å². The van der Waals surface area contributed by atoms with Crippen LogP contribution < -0.4 is 0 Å². The number of likely N-dealkylation sites (tertiary alicyclic amines) is 1. The highest BCUT2D eigenvalue weighted by Gasteiger charge is 2.26. The summed E-state index contributed by atoms with van der Waals surface area (Å²) in [7, 11) is 0. The lowest BCUT2D eigenvalue weighted by Gasteiger charge is -2.32. The number of carbonyl (C=O) groups is 1. The lowest BCUT2D eigenvalue weighted by atomic mass is 9.90. The Bertz CT molecular complexity index is 939. The number of ketones is 1. The second-order valence-electron chi connectivity index (χ2n) is 7.45. The number of carbonyl (C=O) groups excluding carboxylic acids is 1. The van der Waals surface area contributed by atoms with Gasteiger partial charge in [-0.15, -0.1) is 0 Å². The molecule has 27 heavy (non-hydrogen) atoms. The summed E-state index contributed by atoms with van der Waals surface area (Å²) in [5.74, 6) is 0.472. The van der Waals surface area contributed by atoms with Gasteiger partial charge in [0.1, 0.15) is 5.78 Å². The SMILES string of the molecule is Cc1nc2ccccc2nc1CN1CCC[C@@H](C(=O)Cc2ccccc2)C1. The molecule has 0 amide bonds. The quantitative estimate of drug-likeness (QED) is 0.692. The van der Waals surface area contributed by atoms with Crippen molar-refractivity contribution in [3.63, 3.8) is 0 Å². The number of rotatable bonds is 5. The molecule has 2 heterocycles. The van der Waals surface area contributed by atoms with Gasteiger partial charge >= 0.3 is 0 Å². The first-order valence-electron chi connectivity index (χ1n) is 9.70. The molecule has 2 aromatic carbocycles. The van der Waals surface area contributed by atoms with E-state index in [-0.39, 0.29) is 5.92 Å². The van der Waals surface area contributed by atoms with Crippen molar-refractivity contribution < 1.29 is 4.79 Å². The number of aromatic nitrogens is 2. The summed E-state index contributed by atoms with van der Waals surface area (Å²) >= 11 is 0. The lowest BCUT2D eigenvalue weighted by Crippen LogP contribution is -2.39. The van der Waals surface area contributed by atoms with Gasteiger partial charge in [-0.2, -0.15) is 0 Å². The molecule has 1 aromatic heterocycles. The van der Waals surface area contributed by atoms with Crippen molar-refractivity contribution in [2.75, 3.05) is 13.1 Å². The minimum absolute atomic E-state index is 0.118. The fraction of sp³-hybridized carbons (Fsp3) is 0.348. The Morgan fingerprint density at radius 2 is 1.74 bits per heavy atom. The molecule has 0 saturated carbocycles. The molecule has 0 bridgehead atoms. The number of aryl methyl sites for hydroxylation is 1. The van der Waals surface area contributed by atoms with E-state index in [9.17, 15) is 4.79 Å². The number of piperidine rings is 1. The van der Waals surface area contributed by atoms with E-state index in [0.29, 0.717) is 12.2 Å². The van der Waals surface area contributed by atoms with Crippen LogP contribution in [-0.2, 0) is 17.8 Å². The average molecular weight is 359 g/mol. The van der Waals surface area contributed by atoms with Gasteiger partial charge in [-0.05, 0) is 44.0 Å². The molecule has 1 saturated heterocycles. The van der Waals surface area contributed by atoms with Crippen molar-refractivity contribution >= 4 is 16.8 Å². The largest absolute Gasteiger partial charge is 0.299 e. The third-order valence-electron chi connectivity index (χ3n) is 5.40. The van der Waals surface area contributed by atoms with Gasteiger partial charge in [0.05, 0.1) is 22.4 Å². The molecule has 1 aliphatic heterocycles. The number of hydrogen-bond acceptors (Lipinski definition) is 4. The van der Waals surface area contributed by atoms with Crippen LogP contribution in [0, 0.1) is 12.8 Å².